The zero-order chi connectivity index (χ0) is 21.2. The molecule has 0 fully saturated rings. The first-order valence-corrected chi connectivity index (χ1v) is 11.1. The van der Waals surface area contributed by atoms with E-state index in [0.717, 1.165) is 60.6 Å². The highest BCUT2D eigenvalue weighted by molar-refractivity contribution is 6.49. The first-order chi connectivity index (χ1) is 14.7. The Balaban J connectivity index is 1.45. The number of benzene rings is 2. The molecule has 0 amide bonds. The second-order valence-corrected chi connectivity index (χ2v) is 7.94. The highest BCUT2D eigenvalue weighted by atomic mass is 35.5. The van der Waals surface area contributed by atoms with Gasteiger partial charge in [0.2, 0.25) is 0 Å². The topological polar surface area (TPSA) is 47.6 Å². The third-order valence-electron chi connectivity index (χ3n) is 5.22. The lowest BCUT2D eigenvalue weighted by atomic mass is 9.91. The van der Waals surface area contributed by atoms with Crippen LogP contribution in [0.2, 0.25) is 0 Å². The number of unbranched alkanes of at least 4 members (excludes halogenated alkanes) is 1. The van der Waals surface area contributed by atoms with Crippen molar-refractivity contribution < 1.29 is 13.8 Å². The number of hydrogen-bond donors (Lipinski definition) is 1. The molecular weight excluding hydrogens is 421 g/mol. The van der Waals surface area contributed by atoms with Crippen molar-refractivity contribution >= 4 is 34.5 Å². The second-order valence-electron chi connectivity index (χ2n) is 7.40. The number of hydrogen-bond acceptors (Lipinski definition) is 4. The van der Waals surface area contributed by atoms with Gasteiger partial charge in [0.25, 0.3) is 0 Å². The molecule has 160 valence electrons. The van der Waals surface area contributed by atoms with Crippen LogP contribution in [0.4, 0.5) is 0 Å². The molecule has 0 heterocycles. The largest absolute Gasteiger partial charge is 0.494 e. The van der Waals surface area contributed by atoms with E-state index in [1.54, 1.807) is 0 Å². The van der Waals surface area contributed by atoms with Gasteiger partial charge in [-0.2, -0.15) is 0 Å². The Hall–Kier alpha value is -2.01. The van der Waals surface area contributed by atoms with Crippen LogP contribution in [0.3, 0.4) is 0 Å². The first-order valence-electron chi connectivity index (χ1n) is 10.4. The summed E-state index contributed by atoms with van der Waals surface area (Å²) in [7, 11) is 0. The van der Waals surface area contributed by atoms with Crippen LogP contribution in [-0.4, -0.2) is 25.7 Å². The van der Waals surface area contributed by atoms with Gasteiger partial charge in [0, 0.05) is 18.1 Å². The summed E-state index contributed by atoms with van der Waals surface area (Å²) in [4.78, 5) is 11.1. The highest BCUT2D eigenvalue weighted by Gasteiger charge is 2.18. The van der Waals surface area contributed by atoms with Crippen molar-refractivity contribution in [1.82, 2.24) is 5.32 Å². The first kappa shape index (κ1) is 22.7. The number of aryl methyl sites for hydroxylation is 2. The van der Waals surface area contributed by atoms with E-state index >= 15 is 0 Å². The molecule has 1 aliphatic rings. The molecule has 1 N–H and O–H groups in total. The molecule has 0 aromatic heterocycles. The highest BCUT2D eigenvalue weighted by Crippen LogP contribution is 2.35. The number of nitrogens with one attached hydrogen (secondary N) is 1. The maximum atomic E-state index is 11.1. The van der Waals surface area contributed by atoms with Crippen molar-refractivity contribution in [3.8, 4) is 5.75 Å². The van der Waals surface area contributed by atoms with E-state index in [1.165, 1.54) is 11.1 Å². The lowest BCUT2D eigenvalue weighted by Crippen LogP contribution is -2.22. The van der Waals surface area contributed by atoms with Gasteiger partial charge < -0.3 is 14.3 Å². The van der Waals surface area contributed by atoms with E-state index in [4.69, 9.17) is 28.2 Å². The number of halogens is 2. The van der Waals surface area contributed by atoms with Crippen LogP contribution in [0.5, 0.6) is 5.75 Å². The monoisotopic (exact) mass is 447 g/mol. The summed E-state index contributed by atoms with van der Waals surface area (Å²) in [5.74, 6) is 0.463. The van der Waals surface area contributed by atoms with Crippen LogP contribution in [0.15, 0.2) is 54.1 Å². The van der Waals surface area contributed by atoms with Gasteiger partial charge >= 0.3 is 5.97 Å². The quantitative estimate of drug-likeness (QED) is 0.451. The van der Waals surface area contributed by atoms with Gasteiger partial charge in [-0.3, -0.25) is 4.79 Å². The molecule has 0 saturated heterocycles. The van der Waals surface area contributed by atoms with Gasteiger partial charge in [0.1, 0.15) is 17.6 Å². The standard InChI is InChI=1S/C24H27Cl2NO3/c25-24-20(17-27-14-13-23(28)30-26)10-9-19-16-21(11-12-22(19)24)29-15-5-4-8-18-6-2-1-3-7-18/h1-3,6-7,11-12,16,27H,4-5,8-10,13-15,17H2. The van der Waals surface area contributed by atoms with E-state index in [-0.39, 0.29) is 6.42 Å². The summed E-state index contributed by atoms with van der Waals surface area (Å²) in [6, 6.07) is 16.7. The molecule has 2 aromatic rings. The van der Waals surface area contributed by atoms with Gasteiger partial charge in [-0.05, 0) is 72.6 Å². The molecule has 0 bridgehead atoms. The second kappa shape index (κ2) is 12.0. The molecule has 0 aliphatic heterocycles. The SMILES string of the molecule is O=C(CCNCC1=C(Cl)c2ccc(OCCCCc3ccccc3)cc2CC1)OCl. The Bertz CT molecular complexity index is 868. The van der Waals surface area contributed by atoms with Crippen molar-refractivity contribution in [1.29, 1.82) is 0 Å². The smallest absolute Gasteiger partial charge is 0.326 e. The molecule has 30 heavy (non-hydrogen) atoms. The average Bonchev–Trinajstić information content (AvgIpc) is 2.78. The molecule has 0 spiro atoms. The van der Waals surface area contributed by atoms with Gasteiger partial charge in [-0.1, -0.05) is 41.9 Å². The van der Waals surface area contributed by atoms with Gasteiger partial charge in [-0.15, -0.1) is 0 Å². The Morgan fingerprint density at radius 1 is 1.07 bits per heavy atom. The minimum absolute atomic E-state index is 0.233. The molecule has 3 rings (SSSR count). The lowest BCUT2D eigenvalue weighted by molar-refractivity contribution is -0.133. The van der Waals surface area contributed by atoms with E-state index in [1.807, 2.05) is 18.2 Å². The summed E-state index contributed by atoms with van der Waals surface area (Å²) >= 11 is 11.7. The van der Waals surface area contributed by atoms with Crippen LogP contribution in [0.1, 0.15) is 42.4 Å². The Morgan fingerprint density at radius 3 is 2.70 bits per heavy atom. The van der Waals surface area contributed by atoms with E-state index < -0.39 is 5.97 Å². The molecule has 0 saturated carbocycles. The van der Waals surface area contributed by atoms with E-state index in [9.17, 15) is 4.79 Å². The minimum atomic E-state index is -0.439. The van der Waals surface area contributed by atoms with E-state index in [2.05, 4.69) is 39.9 Å². The van der Waals surface area contributed by atoms with Crippen molar-refractivity contribution in [3.05, 3.63) is 70.8 Å². The van der Waals surface area contributed by atoms with Crippen LogP contribution in [-0.2, 0) is 21.9 Å². The normalized spacial score (nSPS) is 13.1. The summed E-state index contributed by atoms with van der Waals surface area (Å²) in [5, 5.41) is 4.01. The summed E-state index contributed by atoms with van der Waals surface area (Å²) in [6.45, 7) is 1.87. The van der Waals surface area contributed by atoms with Crippen LogP contribution >= 0.6 is 23.5 Å². The Kier molecular flexibility index (Phi) is 9.06. The maximum absolute atomic E-state index is 11.1. The van der Waals surface area contributed by atoms with Crippen LogP contribution in [0.25, 0.3) is 5.03 Å². The Morgan fingerprint density at radius 2 is 1.90 bits per heavy atom. The molecule has 1 aliphatic carbocycles. The molecule has 4 nitrogen and oxygen atoms in total. The minimum Gasteiger partial charge on any atom is -0.494 e. The molecular formula is C24H27Cl2NO3. The zero-order valence-electron chi connectivity index (χ0n) is 17.0. The average molecular weight is 448 g/mol. The molecule has 0 radical (unpaired) electrons. The van der Waals surface area contributed by atoms with Crippen LogP contribution < -0.4 is 10.1 Å². The molecule has 6 heteroatoms. The van der Waals surface area contributed by atoms with Gasteiger partial charge in [0.05, 0.1) is 13.0 Å². The lowest BCUT2D eigenvalue weighted by Gasteiger charge is -2.21. The summed E-state index contributed by atoms with van der Waals surface area (Å²) < 4.78 is 10.1. The number of ether oxygens (including phenoxy) is 1. The third-order valence-corrected chi connectivity index (χ3v) is 5.86. The molecule has 0 atom stereocenters. The molecule has 2 aromatic carbocycles. The van der Waals surface area contributed by atoms with E-state index in [0.29, 0.717) is 13.1 Å². The van der Waals surface area contributed by atoms with Gasteiger partial charge in [-0.25, -0.2) is 0 Å². The third kappa shape index (κ3) is 6.76. The number of carbonyl (C=O) groups is 1. The number of fused-ring (bicyclic) bond motifs is 1. The fourth-order valence-electron chi connectivity index (χ4n) is 3.57. The Labute approximate surface area is 188 Å². The number of rotatable bonds is 11. The fourth-order valence-corrected chi connectivity index (χ4v) is 3.99. The predicted octanol–water partition coefficient (Wildman–Crippen LogP) is 5.66. The fraction of sp³-hybridized carbons (Fsp3) is 0.375. The summed E-state index contributed by atoms with van der Waals surface area (Å²) in [6.07, 6.45) is 5.27. The molecule has 0 unspecified atom stereocenters. The van der Waals surface area contributed by atoms with Crippen molar-refractivity contribution in [2.45, 2.75) is 38.5 Å². The van der Waals surface area contributed by atoms with Gasteiger partial charge in [0.15, 0.2) is 0 Å². The zero-order valence-corrected chi connectivity index (χ0v) is 18.5. The van der Waals surface area contributed by atoms with Crippen molar-refractivity contribution in [2.24, 2.45) is 0 Å². The van der Waals surface area contributed by atoms with Crippen molar-refractivity contribution in [3.63, 3.8) is 0 Å². The van der Waals surface area contributed by atoms with Crippen molar-refractivity contribution in [2.75, 3.05) is 19.7 Å². The summed E-state index contributed by atoms with van der Waals surface area (Å²) in [5.41, 5.74) is 4.81. The number of carbonyl (C=O) groups excluding carboxylic acids is 1. The maximum Gasteiger partial charge on any atom is 0.326 e. The van der Waals surface area contributed by atoms with Crippen LogP contribution in [0, 0.1) is 0 Å². The predicted molar refractivity (Wildman–Crippen MR) is 122 cm³/mol.